The number of carbonyl (C=O) groups excluding carboxylic acids is 2. The molecule has 0 N–H and O–H groups in total. The van der Waals surface area contributed by atoms with Crippen LogP contribution in [0.5, 0.6) is 11.5 Å². The van der Waals surface area contributed by atoms with Gasteiger partial charge in [-0.05, 0) is 12.1 Å². The van der Waals surface area contributed by atoms with E-state index in [-0.39, 0.29) is 13.2 Å². The average molecular weight is 282 g/mol. The lowest BCUT2D eigenvalue weighted by molar-refractivity contribution is -0.158. The predicted octanol–water partition coefficient (Wildman–Crippen LogP) is 1.57. The highest BCUT2D eigenvalue weighted by atomic mass is 16.6. The Bertz CT molecular complexity index is 457. The van der Waals surface area contributed by atoms with Crippen molar-refractivity contribution in [3.63, 3.8) is 0 Å². The SMILES string of the molecule is COc1ccccc1OC[C@H](COC(C)=O)OC(C)=O. The Hall–Kier alpha value is -2.24. The lowest BCUT2D eigenvalue weighted by atomic mass is 10.3. The van der Waals surface area contributed by atoms with Crippen LogP contribution in [0.1, 0.15) is 13.8 Å². The summed E-state index contributed by atoms with van der Waals surface area (Å²) in [5, 5.41) is 0. The van der Waals surface area contributed by atoms with Gasteiger partial charge in [0, 0.05) is 13.8 Å². The normalized spacial score (nSPS) is 11.3. The van der Waals surface area contributed by atoms with Crippen LogP contribution in [0.15, 0.2) is 24.3 Å². The van der Waals surface area contributed by atoms with E-state index < -0.39 is 18.0 Å². The second-order valence-electron chi connectivity index (χ2n) is 4.00. The number of esters is 2. The van der Waals surface area contributed by atoms with Crippen molar-refractivity contribution in [2.75, 3.05) is 20.3 Å². The smallest absolute Gasteiger partial charge is 0.303 e. The van der Waals surface area contributed by atoms with Gasteiger partial charge < -0.3 is 18.9 Å². The summed E-state index contributed by atoms with van der Waals surface area (Å²) < 4.78 is 20.5. The van der Waals surface area contributed by atoms with Gasteiger partial charge in [-0.15, -0.1) is 0 Å². The van der Waals surface area contributed by atoms with Crippen molar-refractivity contribution in [2.45, 2.75) is 20.0 Å². The highest BCUT2D eigenvalue weighted by Crippen LogP contribution is 2.25. The fourth-order valence-electron chi connectivity index (χ4n) is 1.48. The van der Waals surface area contributed by atoms with Gasteiger partial charge in [0.05, 0.1) is 7.11 Å². The van der Waals surface area contributed by atoms with Crippen molar-refractivity contribution in [1.82, 2.24) is 0 Å². The monoisotopic (exact) mass is 282 g/mol. The van der Waals surface area contributed by atoms with Gasteiger partial charge in [0.15, 0.2) is 17.6 Å². The lowest BCUT2D eigenvalue weighted by Crippen LogP contribution is -2.29. The van der Waals surface area contributed by atoms with Crippen LogP contribution in [0.3, 0.4) is 0 Å². The quantitative estimate of drug-likeness (QED) is 0.707. The summed E-state index contributed by atoms with van der Waals surface area (Å²) in [6.45, 7) is 2.58. The maximum Gasteiger partial charge on any atom is 0.303 e. The Morgan fingerprint density at radius 2 is 1.70 bits per heavy atom. The molecule has 0 saturated carbocycles. The van der Waals surface area contributed by atoms with Gasteiger partial charge in [-0.25, -0.2) is 0 Å². The molecular weight excluding hydrogens is 264 g/mol. The minimum Gasteiger partial charge on any atom is -0.493 e. The zero-order valence-electron chi connectivity index (χ0n) is 11.8. The molecular formula is C14H18O6. The van der Waals surface area contributed by atoms with Crippen LogP contribution < -0.4 is 9.47 Å². The molecule has 0 aliphatic carbocycles. The van der Waals surface area contributed by atoms with Gasteiger partial charge >= 0.3 is 11.9 Å². The number of rotatable bonds is 7. The zero-order chi connectivity index (χ0) is 15.0. The fourth-order valence-corrected chi connectivity index (χ4v) is 1.48. The van der Waals surface area contributed by atoms with Gasteiger partial charge in [0.25, 0.3) is 0 Å². The summed E-state index contributed by atoms with van der Waals surface area (Å²) >= 11 is 0. The summed E-state index contributed by atoms with van der Waals surface area (Å²) in [5.41, 5.74) is 0. The van der Waals surface area contributed by atoms with Crippen LogP contribution in [0.4, 0.5) is 0 Å². The Balaban J connectivity index is 2.60. The first-order chi connectivity index (χ1) is 9.52. The number of methoxy groups -OCH3 is 1. The van der Waals surface area contributed by atoms with E-state index in [4.69, 9.17) is 18.9 Å². The number of carbonyl (C=O) groups is 2. The van der Waals surface area contributed by atoms with E-state index in [0.717, 1.165) is 0 Å². The Kier molecular flexibility index (Phi) is 6.36. The molecule has 1 atom stereocenters. The van der Waals surface area contributed by atoms with Crippen molar-refractivity contribution in [3.8, 4) is 11.5 Å². The molecule has 0 unspecified atom stereocenters. The first-order valence-electron chi connectivity index (χ1n) is 6.09. The highest BCUT2D eigenvalue weighted by Gasteiger charge is 2.16. The number of ether oxygens (including phenoxy) is 4. The molecule has 0 aliphatic heterocycles. The van der Waals surface area contributed by atoms with Gasteiger partial charge in [0.1, 0.15) is 13.2 Å². The van der Waals surface area contributed by atoms with Gasteiger partial charge in [0.2, 0.25) is 0 Å². The summed E-state index contributed by atoms with van der Waals surface area (Å²) in [6.07, 6.45) is -0.665. The average Bonchev–Trinajstić information content (AvgIpc) is 2.41. The van der Waals surface area contributed by atoms with Crippen LogP contribution in [-0.2, 0) is 19.1 Å². The van der Waals surface area contributed by atoms with E-state index in [1.165, 1.54) is 21.0 Å². The van der Waals surface area contributed by atoms with Crippen LogP contribution in [-0.4, -0.2) is 38.4 Å². The molecule has 0 heterocycles. The molecule has 0 aromatic heterocycles. The van der Waals surface area contributed by atoms with Crippen LogP contribution in [0.2, 0.25) is 0 Å². The summed E-state index contributed by atoms with van der Waals surface area (Å²) in [7, 11) is 1.53. The van der Waals surface area contributed by atoms with Crippen molar-refractivity contribution in [2.24, 2.45) is 0 Å². The molecule has 20 heavy (non-hydrogen) atoms. The van der Waals surface area contributed by atoms with E-state index in [0.29, 0.717) is 11.5 Å². The van der Waals surface area contributed by atoms with Crippen LogP contribution >= 0.6 is 0 Å². The third-order valence-electron chi connectivity index (χ3n) is 2.30. The van der Waals surface area contributed by atoms with E-state index in [9.17, 15) is 9.59 Å². The first-order valence-corrected chi connectivity index (χ1v) is 6.09. The van der Waals surface area contributed by atoms with Crippen molar-refractivity contribution in [1.29, 1.82) is 0 Å². The van der Waals surface area contributed by atoms with Gasteiger partial charge in [-0.1, -0.05) is 12.1 Å². The van der Waals surface area contributed by atoms with Crippen molar-refractivity contribution in [3.05, 3.63) is 24.3 Å². The molecule has 1 rings (SSSR count). The minimum absolute atomic E-state index is 0.0515. The molecule has 0 aliphatic rings. The maximum atomic E-state index is 11.0. The summed E-state index contributed by atoms with van der Waals surface area (Å²) in [6, 6.07) is 7.09. The van der Waals surface area contributed by atoms with E-state index in [1.807, 2.05) is 6.07 Å². The van der Waals surface area contributed by atoms with Crippen LogP contribution in [0, 0.1) is 0 Å². The molecule has 0 radical (unpaired) electrons. The molecule has 1 aromatic rings. The number of hydrogen-bond donors (Lipinski definition) is 0. The van der Waals surface area contributed by atoms with E-state index in [1.54, 1.807) is 18.2 Å². The zero-order valence-corrected chi connectivity index (χ0v) is 11.8. The van der Waals surface area contributed by atoms with E-state index >= 15 is 0 Å². The summed E-state index contributed by atoms with van der Waals surface area (Å²) in [5.74, 6) is 0.182. The highest BCUT2D eigenvalue weighted by molar-refractivity contribution is 5.67. The third-order valence-corrected chi connectivity index (χ3v) is 2.30. The maximum absolute atomic E-state index is 11.0. The predicted molar refractivity (Wildman–Crippen MR) is 70.7 cm³/mol. The van der Waals surface area contributed by atoms with Gasteiger partial charge in [-0.3, -0.25) is 9.59 Å². The molecule has 0 fully saturated rings. The van der Waals surface area contributed by atoms with Crippen molar-refractivity contribution >= 4 is 11.9 Å². The Morgan fingerprint density at radius 1 is 1.05 bits per heavy atom. The summed E-state index contributed by atoms with van der Waals surface area (Å²) in [4.78, 5) is 21.8. The first kappa shape index (κ1) is 15.8. The third kappa shape index (κ3) is 5.60. The molecule has 110 valence electrons. The number of benzene rings is 1. The second-order valence-corrected chi connectivity index (χ2v) is 4.00. The Morgan fingerprint density at radius 3 is 2.25 bits per heavy atom. The van der Waals surface area contributed by atoms with Gasteiger partial charge in [-0.2, -0.15) is 0 Å². The topological polar surface area (TPSA) is 71.1 Å². The standard InChI is InChI=1S/C14H18O6/c1-10(15)18-8-12(20-11(2)16)9-19-14-7-5-4-6-13(14)17-3/h4-7,12H,8-9H2,1-3H3/t12-/m0/s1. The van der Waals surface area contributed by atoms with Crippen LogP contribution in [0.25, 0.3) is 0 Å². The molecule has 0 saturated heterocycles. The second kappa shape index (κ2) is 8.04. The number of para-hydroxylation sites is 2. The molecule has 0 amide bonds. The molecule has 6 nitrogen and oxygen atoms in total. The Labute approximate surface area is 117 Å². The molecule has 1 aromatic carbocycles. The van der Waals surface area contributed by atoms with E-state index in [2.05, 4.69) is 0 Å². The molecule has 0 spiro atoms. The van der Waals surface area contributed by atoms with Crippen molar-refractivity contribution < 1.29 is 28.5 Å². The largest absolute Gasteiger partial charge is 0.493 e. The fraction of sp³-hybridized carbons (Fsp3) is 0.429. The minimum atomic E-state index is -0.665. The molecule has 0 bridgehead atoms. The number of hydrogen-bond acceptors (Lipinski definition) is 6. The lowest BCUT2D eigenvalue weighted by Gasteiger charge is -2.18. The molecule has 6 heteroatoms.